The fourth-order valence-electron chi connectivity index (χ4n) is 4.32. The molecule has 0 bridgehead atoms. The summed E-state index contributed by atoms with van der Waals surface area (Å²) in [6, 6.07) is -8.57. The molecule has 272 valence electrons. The molecule has 0 saturated carbocycles. The lowest BCUT2D eigenvalue weighted by Crippen LogP contribution is -2.60. The molecule has 13 N–H and O–H groups in total. The van der Waals surface area contributed by atoms with Gasteiger partial charge in [-0.25, -0.2) is 4.79 Å². The monoisotopic (exact) mass is 686 g/mol. The summed E-state index contributed by atoms with van der Waals surface area (Å²) in [5.41, 5.74) is 16.0. The third-order valence-corrected chi connectivity index (χ3v) is 6.90. The van der Waals surface area contributed by atoms with Crippen LogP contribution in [0.5, 0.6) is 0 Å². The van der Waals surface area contributed by atoms with Crippen molar-refractivity contribution in [2.45, 2.75) is 110 Å². The highest BCUT2D eigenvalue weighted by Gasteiger charge is 2.35. The quantitative estimate of drug-likeness (QED) is 0.0538. The maximum absolute atomic E-state index is 13.5. The standard InChI is InChI=1S/C29H50N8O11/c1-12(2)9-17(35-28(46)22(13(3)4)36-24(42)15(30)10-20(32)39)26(44)33-16(7-8-19(31)38)25(43)34-18(11-21(40)41)27(45)37-23(14(5)6)29(47)48/h12-18,22-23H,7-11,30H2,1-6H3,(H2,31,38)(H2,32,39)(H,33,44)(H,34,43)(H,35,46)(H,36,42)(H,37,45)(H,40,41)(H,47,48)/t15-,16-,17-,18-,22-,23-/m0/s1. The van der Waals surface area contributed by atoms with Crippen LogP contribution in [0.3, 0.4) is 0 Å². The highest BCUT2D eigenvalue weighted by molar-refractivity contribution is 5.97. The van der Waals surface area contributed by atoms with Gasteiger partial charge in [-0.1, -0.05) is 41.5 Å². The summed E-state index contributed by atoms with van der Waals surface area (Å²) >= 11 is 0. The van der Waals surface area contributed by atoms with Gasteiger partial charge in [0.2, 0.25) is 41.4 Å². The highest BCUT2D eigenvalue weighted by Crippen LogP contribution is 2.11. The minimum Gasteiger partial charge on any atom is -0.481 e. The molecule has 0 aromatic rings. The average molecular weight is 687 g/mol. The van der Waals surface area contributed by atoms with Crippen LogP contribution in [0.2, 0.25) is 0 Å². The molecule has 0 aromatic heterocycles. The lowest BCUT2D eigenvalue weighted by molar-refractivity contribution is -0.144. The van der Waals surface area contributed by atoms with Gasteiger partial charge in [-0.3, -0.25) is 38.4 Å². The van der Waals surface area contributed by atoms with Crippen molar-refractivity contribution in [3.8, 4) is 0 Å². The summed E-state index contributed by atoms with van der Waals surface area (Å²) in [5.74, 6) is -10.6. The minimum atomic E-state index is -1.77. The number of amides is 7. The highest BCUT2D eigenvalue weighted by atomic mass is 16.4. The zero-order valence-corrected chi connectivity index (χ0v) is 28.0. The van der Waals surface area contributed by atoms with Gasteiger partial charge < -0.3 is 54.0 Å². The number of carbonyl (C=O) groups excluding carboxylic acids is 7. The molecule has 0 heterocycles. The Hall–Kier alpha value is -4.81. The van der Waals surface area contributed by atoms with Crippen LogP contribution < -0.4 is 43.8 Å². The molecule has 0 spiro atoms. The van der Waals surface area contributed by atoms with Gasteiger partial charge in [0, 0.05) is 6.42 Å². The number of carboxylic acids is 2. The van der Waals surface area contributed by atoms with E-state index in [1.165, 1.54) is 13.8 Å². The third-order valence-electron chi connectivity index (χ3n) is 6.90. The molecule has 0 radical (unpaired) electrons. The Morgan fingerprint density at radius 1 is 0.562 bits per heavy atom. The first-order valence-corrected chi connectivity index (χ1v) is 15.4. The molecule has 6 atom stereocenters. The van der Waals surface area contributed by atoms with Crippen LogP contribution in [0, 0.1) is 17.8 Å². The van der Waals surface area contributed by atoms with E-state index in [-0.39, 0.29) is 18.8 Å². The summed E-state index contributed by atoms with van der Waals surface area (Å²) in [6.07, 6.45) is -2.19. The van der Waals surface area contributed by atoms with Crippen molar-refractivity contribution < 1.29 is 53.4 Å². The van der Waals surface area contributed by atoms with Gasteiger partial charge in [-0.05, 0) is 30.6 Å². The van der Waals surface area contributed by atoms with Crippen molar-refractivity contribution >= 4 is 53.3 Å². The summed E-state index contributed by atoms with van der Waals surface area (Å²) in [4.78, 5) is 111. The first-order chi connectivity index (χ1) is 22.1. The second-order valence-electron chi connectivity index (χ2n) is 12.5. The van der Waals surface area contributed by atoms with E-state index >= 15 is 0 Å². The molecule has 0 saturated heterocycles. The van der Waals surface area contributed by atoms with Crippen molar-refractivity contribution in [2.24, 2.45) is 35.0 Å². The normalized spacial score (nSPS) is 14.9. The zero-order chi connectivity index (χ0) is 37.5. The Labute approximate surface area is 278 Å². The Kier molecular flexibility index (Phi) is 18.4. The number of hydrogen-bond acceptors (Lipinski definition) is 10. The Bertz CT molecular complexity index is 1210. The van der Waals surface area contributed by atoms with Crippen LogP contribution in [0.25, 0.3) is 0 Å². The lowest BCUT2D eigenvalue weighted by atomic mass is 9.99. The lowest BCUT2D eigenvalue weighted by Gasteiger charge is -2.28. The van der Waals surface area contributed by atoms with E-state index in [1.807, 2.05) is 0 Å². The molecule has 48 heavy (non-hydrogen) atoms. The molecular formula is C29H50N8O11. The van der Waals surface area contributed by atoms with Gasteiger partial charge in [0.15, 0.2) is 0 Å². The van der Waals surface area contributed by atoms with Crippen molar-refractivity contribution in [2.75, 3.05) is 0 Å². The molecule has 19 heteroatoms. The van der Waals surface area contributed by atoms with Gasteiger partial charge in [0.25, 0.3) is 0 Å². The number of carbonyl (C=O) groups is 9. The predicted octanol–water partition coefficient (Wildman–Crippen LogP) is -3.20. The van der Waals surface area contributed by atoms with E-state index < -0.39 is 121 Å². The average Bonchev–Trinajstić information content (AvgIpc) is 2.93. The number of primary amides is 2. The molecule has 0 rings (SSSR count). The van der Waals surface area contributed by atoms with E-state index in [0.717, 1.165) is 0 Å². The summed E-state index contributed by atoms with van der Waals surface area (Å²) in [7, 11) is 0. The zero-order valence-electron chi connectivity index (χ0n) is 28.0. The molecule has 19 nitrogen and oxygen atoms in total. The van der Waals surface area contributed by atoms with Gasteiger partial charge in [-0.15, -0.1) is 0 Å². The smallest absolute Gasteiger partial charge is 0.326 e. The molecule has 0 fully saturated rings. The summed E-state index contributed by atoms with van der Waals surface area (Å²) in [6.45, 7) is 9.70. The molecule has 0 aliphatic carbocycles. The number of nitrogens with one attached hydrogen (secondary N) is 5. The summed E-state index contributed by atoms with van der Waals surface area (Å²) < 4.78 is 0. The van der Waals surface area contributed by atoms with Crippen LogP contribution in [0.4, 0.5) is 0 Å². The molecule has 0 aromatic carbocycles. The maximum atomic E-state index is 13.5. The number of aliphatic carboxylic acids is 2. The molecular weight excluding hydrogens is 636 g/mol. The molecule has 0 aliphatic rings. The summed E-state index contributed by atoms with van der Waals surface area (Å²) in [5, 5.41) is 30.5. The number of rotatable bonds is 22. The number of nitrogens with two attached hydrogens (primary N) is 3. The number of hydrogen-bond donors (Lipinski definition) is 10. The third kappa shape index (κ3) is 16.1. The fraction of sp³-hybridized carbons (Fsp3) is 0.690. The second kappa shape index (κ2) is 20.4. The predicted molar refractivity (Wildman–Crippen MR) is 169 cm³/mol. The fourth-order valence-corrected chi connectivity index (χ4v) is 4.32. The van der Waals surface area contributed by atoms with E-state index in [1.54, 1.807) is 27.7 Å². The largest absolute Gasteiger partial charge is 0.481 e. The SMILES string of the molecule is CC(C)C[C@H](NC(=O)[C@@H](NC(=O)[C@@H](N)CC(N)=O)C(C)C)C(=O)N[C@@H](CCC(N)=O)C(=O)N[C@@H](CC(=O)O)C(=O)N[C@H](C(=O)O)C(C)C. The van der Waals surface area contributed by atoms with Crippen LogP contribution >= 0.6 is 0 Å². The van der Waals surface area contributed by atoms with Crippen molar-refractivity contribution in [3.63, 3.8) is 0 Å². The Balaban J connectivity index is 6.18. The van der Waals surface area contributed by atoms with Gasteiger partial charge >= 0.3 is 11.9 Å². The Morgan fingerprint density at radius 3 is 1.46 bits per heavy atom. The van der Waals surface area contributed by atoms with Gasteiger partial charge in [-0.2, -0.15) is 0 Å². The van der Waals surface area contributed by atoms with E-state index in [0.29, 0.717) is 0 Å². The van der Waals surface area contributed by atoms with Crippen LogP contribution in [-0.4, -0.2) is 99.8 Å². The van der Waals surface area contributed by atoms with Crippen molar-refractivity contribution in [1.29, 1.82) is 0 Å². The molecule has 0 unspecified atom stereocenters. The van der Waals surface area contributed by atoms with Crippen LogP contribution in [0.1, 0.15) is 73.6 Å². The molecule has 7 amide bonds. The van der Waals surface area contributed by atoms with Crippen LogP contribution in [-0.2, 0) is 43.2 Å². The van der Waals surface area contributed by atoms with Crippen molar-refractivity contribution in [3.05, 3.63) is 0 Å². The van der Waals surface area contributed by atoms with Crippen LogP contribution in [0.15, 0.2) is 0 Å². The van der Waals surface area contributed by atoms with Crippen molar-refractivity contribution in [1.82, 2.24) is 26.6 Å². The van der Waals surface area contributed by atoms with Gasteiger partial charge in [0.1, 0.15) is 30.2 Å². The number of carboxylic acid groups (broad SMARTS) is 2. The van der Waals surface area contributed by atoms with Gasteiger partial charge in [0.05, 0.1) is 18.9 Å². The topological polar surface area (TPSA) is 332 Å². The van der Waals surface area contributed by atoms with E-state index in [2.05, 4.69) is 26.6 Å². The first-order valence-electron chi connectivity index (χ1n) is 15.4. The minimum absolute atomic E-state index is 0.0392. The maximum Gasteiger partial charge on any atom is 0.326 e. The molecule has 0 aliphatic heterocycles. The van der Waals surface area contributed by atoms with E-state index in [4.69, 9.17) is 17.2 Å². The first kappa shape index (κ1) is 43.2. The van der Waals surface area contributed by atoms with E-state index in [9.17, 15) is 53.4 Å². The Morgan fingerprint density at radius 2 is 1.02 bits per heavy atom. The second-order valence-corrected chi connectivity index (χ2v) is 12.5.